The van der Waals surface area contributed by atoms with E-state index in [0.717, 1.165) is 5.56 Å². The standard InChI is InChI=1S/C9H11ClN2O/c1-7(13)12-11-6-8-4-2-3-5-9(8)10/h2-5,11H,6H2,1H3,(H,12,13). The van der Waals surface area contributed by atoms with E-state index in [2.05, 4.69) is 10.9 Å². The van der Waals surface area contributed by atoms with Crippen LogP contribution in [0, 0.1) is 0 Å². The van der Waals surface area contributed by atoms with Crippen LogP contribution in [0.4, 0.5) is 0 Å². The highest BCUT2D eigenvalue weighted by Crippen LogP contribution is 2.13. The number of hydrazine groups is 1. The van der Waals surface area contributed by atoms with Crippen molar-refractivity contribution in [3.8, 4) is 0 Å². The van der Waals surface area contributed by atoms with Gasteiger partial charge in [-0.25, -0.2) is 5.43 Å². The van der Waals surface area contributed by atoms with Crippen LogP contribution in [0.15, 0.2) is 24.3 Å². The van der Waals surface area contributed by atoms with Crippen molar-refractivity contribution in [1.29, 1.82) is 0 Å². The van der Waals surface area contributed by atoms with Gasteiger partial charge in [-0.05, 0) is 11.6 Å². The molecule has 0 saturated heterocycles. The van der Waals surface area contributed by atoms with E-state index in [9.17, 15) is 4.79 Å². The van der Waals surface area contributed by atoms with Crippen LogP contribution in [0.5, 0.6) is 0 Å². The third-order valence-corrected chi connectivity index (χ3v) is 1.87. The maximum absolute atomic E-state index is 10.5. The summed E-state index contributed by atoms with van der Waals surface area (Å²) in [6.45, 7) is 1.97. The molecule has 0 saturated carbocycles. The molecule has 0 heterocycles. The molecule has 0 aliphatic carbocycles. The number of amides is 1. The lowest BCUT2D eigenvalue weighted by Gasteiger charge is -2.05. The highest BCUT2D eigenvalue weighted by atomic mass is 35.5. The molecule has 0 unspecified atom stereocenters. The van der Waals surface area contributed by atoms with Gasteiger partial charge in [0.2, 0.25) is 5.91 Å². The summed E-state index contributed by atoms with van der Waals surface area (Å²) in [5.74, 6) is -0.118. The first-order valence-corrected chi connectivity index (χ1v) is 4.31. The van der Waals surface area contributed by atoms with Gasteiger partial charge in [0.25, 0.3) is 0 Å². The first kappa shape index (κ1) is 10.0. The summed E-state index contributed by atoms with van der Waals surface area (Å²) < 4.78 is 0. The second-order valence-electron chi connectivity index (χ2n) is 2.63. The highest BCUT2D eigenvalue weighted by molar-refractivity contribution is 6.31. The van der Waals surface area contributed by atoms with Gasteiger partial charge in [0.1, 0.15) is 0 Å². The maximum Gasteiger partial charge on any atom is 0.230 e. The normalized spacial score (nSPS) is 9.69. The van der Waals surface area contributed by atoms with Crippen LogP contribution < -0.4 is 10.9 Å². The molecule has 2 N–H and O–H groups in total. The predicted octanol–water partition coefficient (Wildman–Crippen LogP) is 1.48. The van der Waals surface area contributed by atoms with Crippen molar-refractivity contribution in [1.82, 2.24) is 10.9 Å². The molecule has 0 radical (unpaired) electrons. The molecule has 0 fully saturated rings. The van der Waals surface area contributed by atoms with Crippen molar-refractivity contribution in [3.05, 3.63) is 34.9 Å². The largest absolute Gasteiger partial charge is 0.292 e. The highest BCUT2D eigenvalue weighted by Gasteiger charge is 1.97. The zero-order valence-corrected chi connectivity index (χ0v) is 8.06. The Labute approximate surface area is 82.1 Å². The van der Waals surface area contributed by atoms with Crippen molar-refractivity contribution in [2.75, 3.05) is 0 Å². The average molecular weight is 199 g/mol. The number of hydrogen-bond donors (Lipinski definition) is 2. The monoisotopic (exact) mass is 198 g/mol. The van der Waals surface area contributed by atoms with Gasteiger partial charge in [-0.15, -0.1) is 0 Å². The van der Waals surface area contributed by atoms with Gasteiger partial charge in [0.05, 0.1) is 0 Å². The summed E-state index contributed by atoms with van der Waals surface area (Å²) in [6.07, 6.45) is 0. The van der Waals surface area contributed by atoms with E-state index in [1.54, 1.807) is 0 Å². The van der Waals surface area contributed by atoms with Crippen molar-refractivity contribution < 1.29 is 4.79 Å². The van der Waals surface area contributed by atoms with Crippen LogP contribution in [0.2, 0.25) is 5.02 Å². The Balaban J connectivity index is 2.45. The minimum Gasteiger partial charge on any atom is -0.292 e. The lowest BCUT2D eigenvalue weighted by molar-refractivity contribution is -0.119. The topological polar surface area (TPSA) is 41.1 Å². The second kappa shape index (κ2) is 4.84. The van der Waals surface area contributed by atoms with Crippen LogP contribution in [0.3, 0.4) is 0 Å². The summed E-state index contributed by atoms with van der Waals surface area (Å²) >= 11 is 5.89. The summed E-state index contributed by atoms with van der Waals surface area (Å²) in [4.78, 5) is 10.5. The van der Waals surface area contributed by atoms with Crippen LogP contribution >= 0.6 is 11.6 Å². The van der Waals surface area contributed by atoms with Gasteiger partial charge >= 0.3 is 0 Å². The fraction of sp³-hybridized carbons (Fsp3) is 0.222. The van der Waals surface area contributed by atoms with E-state index in [0.29, 0.717) is 11.6 Å². The Hall–Kier alpha value is -1.06. The summed E-state index contributed by atoms with van der Waals surface area (Å²) in [5, 5.41) is 0.695. The van der Waals surface area contributed by atoms with E-state index in [1.165, 1.54) is 6.92 Å². The summed E-state index contributed by atoms with van der Waals surface area (Å²) in [5.41, 5.74) is 6.19. The first-order valence-electron chi connectivity index (χ1n) is 3.93. The number of hydrogen-bond acceptors (Lipinski definition) is 2. The molecule has 1 rings (SSSR count). The molecule has 0 bridgehead atoms. The third kappa shape index (κ3) is 3.44. The molecular formula is C9H11ClN2O. The quantitative estimate of drug-likeness (QED) is 0.723. The Bertz CT molecular complexity index is 301. The van der Waals surface area contributed by atoms with Gasteiger partial charge < -0.3 is 0 Å². The number of halogens is 1. The average Bonchev–Trinajstić information content (AvgIpc) is 2.08. The Morgan fingerprint density at radius 1 is 1.46 bits per heavy atom. The maximum atomic E-state index is 10.5. The molecular weight excluding hydrogens is 188 g/mol. The molecule has 0 aromatic heterocycles. The van der Waals surface area contributed by atoms with E-state index in [1.807, 2.05) is 24.3 Å². The van der Waals surface area contributed by atoms with Crippen LogP contribution in [-0.4, -0.2) is 5.91 Å². The zero-order chi connectivity index (χ0) is 9.68. The first-order chi connectivity index (χ1) is 6.20. The molecule has 0 spiro atoms. The molecule has 0 aliphatic heterocycles. The van der Waals surface area contributed by atoms with E-state index >= 15 is 0 Å². The molecule has 1 aromatic carbocycles. The molecule has 4 heteroatoms. The number of carbonyl (C=O) groups is 1. The molecule has 0 atom stereocenters. The predicted molar refractivity (Wildman–Crippen MR) is 52.1 cm³/mol. The fourth-order valence-corrected chi connectivity index (χ4v) is 1.11. The van der Waals surface area contributed by atoms with Gasteiger partial charge in [0.15, 0.2) is 0 Å². The van der Waals surface area contributed by atoms with Crippen molar-refractivity contribution in [2.24, 2.45) is 0 Å². The SMILES string of the molecule is CC(=O)NNCc1ccccc1Cl. The van der Waals surface area contributed by atoms with Crippen molar-refractivity contribution >= 4 is 17.5 Å². The van der Waals surface area contributed by atoms with Crippen molar-refractivity contribution in [2.45, 2.75) is 13.5 Å². The minimum absolute atomic E-state index is 0.118. The van der Waals surface area contributed by atoms with Gasteiger partial charge in [0, 0.05) is 18.5 Å². The summed E-state index contributed by atoms with van der Waals surface area (Å²) in [6, 6.07) is 7.48. The number of nitrogens with one attached hydrogen (secondary N) is 2. The van der Waals surface area contributed by atoms with E-state index in [4.69, 9.17) is 11.6 Å². The number of benzene rings is 1. The Morgan fingerprint density at radius 3 is 2.77 bits per heavy atom. The Morgan fingerprint density at radius 2 is 2.15 bits per heavy atom. The van der Waals surface area contributed by atoms with E-state index in [-0.39, 0.29) is 5.91 Å². The molecule has 13 heavy (non-hydrogen) atoms. The molecule has 1 amide bonds. The fourth-order valence-electron chi connectivity index (χ4n) is 0.906. The Kier molecular flexibility index (Phi) is 3.73. The molecule has 70 valence electrons. The van der Waals surface area contributed by atoms with Gasteiger partial charge in [-0.3, -0.25) is 10.2 Å². The lowest BCUT2D eigenvalue weighted by atomic mass is 10.2. The van der Waals surface area contributed by atoms with Crippen molar-refractivity contribution in [3.63, 3.8) is 0 Å². The smallest absolute Gasteiger partial charge is 0.230 e. The van der Waals surface area contributed by atoms with E-state index < -0.39 is 0 Å². The lowest BCUT2D eigenvalue weighted by Crippen LogP contribution is -2.34. The van der Waals surface area contributed by atoms with Crippen LogP contribution in [-0.2, 0) is 11.3 Å². The molecule has 0 aliphatic rings. The van der Waals surface area contributed by atoms with Gasteiger partial charge in [-0.2, -0.15) is 0 Å². The molecule has 3 nitrogen and oxygen atoms in total. The third-order valence-electron chi connectivity index (χ3n) is 1.50. The van der Waals surface area contributed by atoms with Crippen LogP contribution in [0.1, 0.15) is 12.5 Å². The number of rotatable bonds is 3. The minimum atomic E-state index is -0.118. The zero-order valence-electron chi connectivity index (χ0n) is 7.30. The number of carbonyl (C=O) groups excluding carboxylic acids is 1. The summed E-state index contributed by atoms with van der Waals surface area (Å²) in [7, 11) is 0. The van der Waals surface area contributed by atoms with Crippen LogP contribution in [0.25, 0.3) is 0 Å². The molecule has 1 aromatic rings. The van der Waals surface area contributed by atoms with Gasteiger partial charge in [-0.1, -0.05) is 29.8 Å². The second-order valence-corrected chi connectivity index (χ2v) is 3.03.